The van der Waals surface area contributed by atoms with Crippen LogP contribution in [0.5, 0.6) is 0 Å². The van der Waals surface area contributed by atoms with Gasteiger partial charge in [-0.15, -0.1) is 0 Å². The van der Waals surface area contributed by atoms with E-state index in [1.54, 1.807) is 6.20 Å². The molecule has 1 aliphatic rings. The molecule has 1 aromatic rings. The molecule has 3 nitrogen and oxygen atoms in total. The van der Waals surface area contributed by atoms with Gasteiger partial charge < -0.3 is 10.1 Å². The highest BCUT2D eigenvalue weighted by Crippen LogP contribution is 2.32. The Morgan fingerprint density at radius 2 is 2.26 bits per heavy atom. The zero-order chi connectivity index (χ0) is 13.9. The van der Waals surface area contributed by atoms with Crippen molar-refractivity contribution in [2.45, 2.75) is 51.2 Å². The lowest BCUT2D eigenvalue weighted by molar-refractivity contribution is -0.0865. The molecule has 2 rings (SSSR count). The molecule has 0 amide bonds. The summed E-state index contributed by atoms with van der Waals surface area (Å²) >= 11 is 3.21. The van der Waals surface area contributed by atoms with E-state index in [4.69, 9.17) is 4.74 Å². The van der Waals surface area contributed by atoms with Crippen molar-refractivity contribution in [3.63, 3.8) is 0 Å². The van der Waals surface area contributed by atoms with E-state index in [1.165, 1.54) is 6.07 Å². The van der Waals surface area contributed by atoms with Crippen LogP contribution in [0.2, 0.25) is 0 Å². The van der Waals surface area contributed by atoms with Gasteiger partial charge in [-0.1, -0.05) is 13.8 Å². The molecule has 1 saturated heterocycles. The minimum atomic E-state index is -0.320. The molecular formula is C14H20BrFN2O. The topological polar surface area (TPSA) is 34.2 Å². The van der Waals surface area contributed by atoms with Gasteiger partial charge in [0.15, 0.2) is 11.6 Å². The Kier molecular flexibility index (Phi) is 4.79. The lowest BCUT2D eigenvalue weighted by Gasteiger charge is -2.40. The van der Waals surface area contributed by atoms with E-state index in [2.05, 4.69) is 40.1 Å². The third-order valence-electron chi connectivity index (χ3n) is 3.93. The lowest BCUT2D eigenvalue weighted by atomic mass is 9.86. The van der Waals surface area contributed by atoms with Crippen molar-refractivity contribution in [2.24, 2.45) is 0 Å². The molecule has 0 bridgehead atoms. The number of halogens is 2. The van der Waals surface area contributed by atoms with Crippen LogP contribution in [0.4, 0.5) is 10.2 Å². The Morgan fingerprint density at radius 3 is 2.89 bits per heavy atom. The number of ether oxygens (including phenoxy) is 1. The Balaban J connectivity index is 2.06. The van der Waals surface area contributed by atoms with Crippen LogP contribution in [-0.2, 0) is 4.74 Å². The van der Waals surface area contributed by atoms with Crippen LogP contribution in [0.25, 0.3) is 0 Å². The monoisotopic (exact) mass is 330 g/mol. The normalized spacial score (nSPS) is 22.2. The third-order valence-corrected chi connectivity index (χ3v) is 4.36. The van der Waals surface area contributed by atoms with Gasteiger partial charge in [-0.25, -0.2) is 9.37 Å². The average molecular weight is 331 g/mol. The minimum Gasteiger partial charge on any atom is -0.375 e. The molecule has 5 heteroatoms. The fraction of sp³-hybridized carbons (Fsp3) is 0.643. The van der Waals surface area contributed by atoms with E-state index in [0.717, 1.165) is 32.3 Å². The highest BCUT2D eigenvalue weighted by Gasteiger charge is 2.34. The summed E-state index contributed by atoms with van der Waals surface area (Å²) in [5.74, 6) is 0.00988. The van der Waals surface area contributed by atoms with E-state index in [9.17, 15) is 4.39 Å². The predicted molar refractivity (Wildman–Crippen MR) is 77.8 cm³/mol. The fourth-order valence-electron chi connectivity index (χ4n) is 2.61. The Bertz CT molecular complexity index is 437. The standard InChI is InChI=1S/C14H20BrFN2O/c1-3-14(4-2)8-11(5-6-19-14)18-13-12(16)7-10(15)9-17-13/h7,9,11H,3-6,8H2,1-2H3,(H,17,18). The molecular weight excluding hydrogens is 311 g/mol. The molecule has 1 fully saturated rings. The van der Waals surface area contributed by atoms with Gasteiger partial charge in [0, 0.05) is 23.3 Å². The number of pyridine rings is 1. The number of nitrogens with zero attached hydrogens (tertiary/aromatic N) is 1. The molecule has 0 saturated carbocycles. The van der Waals surface area contributed by atoms with Gasteiger partial charge >= 0.3 is 0 Å². The molecule has 1 atom stereocenters. The molecule has 1 aromatic heterocycles. The number of hydrogen-bond acceptors (Lipinski definition) is 3. The van der Waals surface area contributed by atoms with Crippen LogP contribution in [0.1, 0.15) is 39.5 Å². The van der Waals surface area contributed by atoms with Crippen molar-refractivity contribution in [2.75, 3.05) is 11.9 Å². The summed E-state index contributed by atoms with van der Waals surface area (Å²) < 4.78 is 20.3. The first-order valence-electron chi connectivity index (χ1n) is 6.80. The van der Waals surface area contributed by atoms with Crippen LogP contribution >= 0.6 is 15.9 Å². The molecule has 19 heavy (non-hydrogen) atoms. The Labute approximate surface area is 122 Å². The molecule has 0 aromatic carbocycles. The molecule has 2 heterocycles. The van der Waals surface area contributed by atoms with E-state index >= 15 is 0 Å². The molecule has 1 aliphatic heterocycles. The Hall–Kier alpha value is -0.680. The summed E-state index contributed by atoms with van der Waals surface area (Å²) in [6.45, 7) is 5.01. The van der Waals surface area contributed by atoms with Crippen molar-refractivity contribution >= 4 is 21.7 Å². The third kappa shape index (κ3) is 3.45. The largest absolute Gasteiger partial charge is 0.375 e. The first-order chi connectivity index (χ1) is 9.08. The summed E-state index contributed by atoms with van der Waals surface area (Å²) in [4.78, 5) is 4.10. The minimum absolute atomic E-state index is 0.0677. The van der Waals surface area contributed by atoms with Gasteiger partial charge in [0.25, 0.3) is 0 Å². The second-order valence-electron chi connectivity index (χ2n) is 5.06. The fourth-order valence-corrected chi connectivity index (χ4v) is 2.91. The van der Waals surface area contributed by atoms with E-state index in [0.29, 0.717) is 10.3 Å². The summed E-state index contributed by atoms with van der Waals surface area (Å²) in [5, 5.41) is 3.21. The first kappa shape index (κ1) is 14.7. The zero-order valence-corrected chi connectivity index (χ0v) is 13.0. The maximum atomic E-state index is 13.8. The molecule has 1 N–H and O–H groups in total. The highest BCUT2D eigenvalue weighted by atomic mass is 79.9. The highest BCUT2D eigenvalue weighted by molar-refractivity contribution is 9.10. The number of hydrogen-bond donors (Lipinski definition) is 1. The number of aromatic nitrogens is 1. The van der Waals surface area contributed by atoms with Crippen molar-refractivity contribution in [1.29, 1.82) is 0 Å². The van der Waals surface area contributed by atoms with Gasteiger partial charge in [0.1, 0.15) is 0 Å². The molecule has 106 valence electrons. The maximum absolute atomic E-state index is 13.8. The zero-order valence-electron chi connectivity index (χ0n) is 11.4. The van der Waals surface area contributed by atoms with Crippen LogP contribution in [0, 0.1) is 5.82 Å². The predicted octanol–water partition coefficient (Wildman–Crippen LogP) is 4.13. The molecule has 1 unspecified atom stereocenters. The van der Waals surface area contributed by atoms with Crippen molar-refractivity contribution < 1.29 is 9.13 Å². The summed E-state index contributed by atoms with van der Waals surface area (Å²) in [6, 6.07) is 1.65. The van der Waals surface area contributed by atoms with Gasteiger partial charge in [-0.05, 0) is 47.7 Å². The first-order valence-corrected chi connectivity index (χ1v) is 7.59. The van der Waals surface area contributed by atoms with Gasteiger partial charge in [0.2, 0.25) is 0 Å². The summed E-state index contributed by atoms with van der Waals surface area (Å²) in [6.07, 6.45) is 5.36. The molecule has 0 spiro atoms. The summed E-state index contributed by atoms with van der Waals surface area (Å²) in [5.41, 5.74) is -0.0677. The SMILES string of the molecule is CCC1(CC)CC(Nc2ncc(Br)cc2F)CCO1. The van der Waals surface area contributed by atoms with Crippen molar-refractivity contribution in [3.8, 4) is 0 Å². The smallest absolute Gasteiger partial charge is 0.166 e. The number of anilines is 1. The van der Waals surface area contributed by atoms with Crippen LogP contribution in [-0.4, -0.2) is 23.2 Å². The second kappa shape index (κ2) is 6.18. The van der Waals surface area contributed by atoms with Crippen LogP contribution in [0.3, 0.4) is 0 Å². The van der Waals surface area contributed by atoms with E-state index in [1.807, 2.05) is 0 Å². The molecule has 0 aliphatic carbocycles. The Morgan fingerprint density at radius 1 is 1.53 bits per heavy atom. The number of rotatable bonds is 4. The van der Waals surface area contributed by atoms with Gasteiger partial charge in [-0.2, -0.15) is 0 Å². The van der Waals surface area contributed by atoms with Crippen molar-refractivity contribution in [3.05, 3.63) is 22.6 Å². The van der Waals surface area contributed by atoms with E-state index < -0.39 is 0 Å². The second-order valence-corrected chi connectivity index (χ2v) is 5.97. The maximum Gasteiger partial charge on any atom is 0.166 e. The average Bonchev–Trinajstić information content (AvgIpc) is 2.42. The molecule has 0 radical (unpaired) electrons. The quantitative estimate of drug-likeness (QED) is 0.901. The van der Waals surface area contributed by atoms with Crippen LogP contribution in [0.15, 0.2) is 16.7 Å². The van der Waals surface area contributed by atoms with Gasteiger partial charge in [-0.3, -0.25) is 0 Å². The summed E-state index contributed by atoms with van der Waals surface area (Å²) in [7, 11) is 0. The lowest BCUT2D eigenvalue weighted by Crippen LogP contribution is -2.43. The van der Waals surface area contributed by atoms with Crippen LogP contribution < -0.4 is 5.32 Å². The van der Waals surface area contributed by atoms with Gasteiger partial charge in [0.05, 0.1) is 5.60 Å². The van der Waals surface area contributed by atoms with E-state index in [-0.39, 0.29) is 17.5 Å². The van der Waals surface area contributed by atoms with Crippen molar-refractivity contribution in [1.82, 2.24) is 4.98 Å². The number of nitrogens with one attached hydrogen (secondary N) is 1.